The Morgan fingerprint density at radius 1 is 0.711 bits per heavy atom. The fourth-order valence-electron chi connectivity index (χ4n) is 2.50. The molecule has 38 heavy (non-hydrogen) atoms. The van der Waals surface area contributed by atoms with E-state index in [0.29, 0.717) is 33.7 Å². The number of nitrogens with one attached hydrogen (secondary N) is 7. The molecule has 196 valence electrons. The Bertz CT molecular complexity index is 1910. The summed E-state index contributed by atoms with van der Waals surface area (Å²) >= 11 is 0. The molecule has 0 aliphatic heterocycles. The summed E-state index contributed by atoms with van der Waals surface area (Å²) in [5.41, 5.74) is 11.3. The summed E-state index contributed by atoms with van der Waals surface area (Å²) in [4.78, 5) is 87.9. The molecule has 0 radical (unpaired) electrons. The number of hydrogen-bond acceptors (Lipinski definition) is 12. The van der Waals surface area contributed by atoms with Crippen molar-refractivity contribution in [3.63, 3.8) is 0 Å². The molecule has 0 aliphatic rings. The zero-order chi connectivity index (χ0) is 27.7. The molecule has 11 N–H and O–H groups in total. The molecule has 0 aromatic carbocycles. The van der Waals surface area contributed by atoms with E-state index in [1.165, 1.54) is 37.4 Å². The summed E-state index contributed by atoms with van der Waals surface area (Å²) in [5.74, 6) is 0.511. The number of aromatic amines is 7. The largest absolute Gasteiger partial charge is 0.382 e. The third-order valence-corrected chi connectivity index (χ3v) is 4.26. The highest BCUT2D eigenvalue weighted by Gasteiger charge is 2.02. The predicted octanol–water partition coefficient (Wildman–Crippen LogP) is -2.40. The Labute approximate surface area is 207 Å². The van der Waals surface area contributed by atoms with Crippen LogP contribution in [0.2, 0.25) is 0 Å². The van der Waals surface area contributed by atoms with Crippen LogP contribution in [0.5, 0.6) is 0 Å². The summed E-state index contributed by atoms with van der Waals surface area (Å²) in [6.45, 7) is 1.62. The van der Waals surface area contributed by atoms with Gasteiger partial charge in [-0.25, -0.2) is 29.5 Å². The first-order valence-electron chi connectivity index (χ1n) is 10.3. The first-order valence-corrected chi connectivity index (χ1v) is 10.3. The van der Waals surface area contributed by atoms with Gasteiger partial charge in [-0.2, -0.15) is 4.98 Å². The minimum Gasteiger partial charge on any atom is -0.382 e. The number of fused-ring (bicyclic) bond motifs is 2. The number of aryl methyl sites for hydroxylation is 1. The van der Waals surface area contributed by atoms with Crippen LogP contribution in [0.25, 0.3) is 22.3 Å². The zero-order valence-electron chi connectivity index (χ0n) is 19.4. The molecule has 19 heteroatoms. The van der Waals surface area contributed by atoms with E-state index < -0.39 is 11.4 Å². The first kappa shape index (κ1) is 26.5. The lowest BCUT2D eigenvalue weighted by molar-refractivity contribution is 1.01. The third kappa shape index (κ3) is 7.18. The Kier molecular flexibility index (Phi) is 8.37. The highest BCUT2D eigenvalue weighted by atomic mass is 16.2. The second-order valence-electron chi connectivity index (χ2n) is 6.96. The van der Waals surface area contributed by atoms with Crippen LogP contribution in [0, 0.1) is 6.92 Å². The van der Waals surface area contributed by atoms with Gasteiger partial charge in [-0.15, -0.1) is 0 Å². The fraction of sp³-hybridized carbons (Fsp3) is 0.0526. The zero-order valence-corrected chi connectivity index (χ0v) is 19.4. The Balaban J connectivity index is 0.000000141. The van der Waals surface area contributed by atoms with E-state index in [-0.39, 0.29) is 22.6 Å². The molecule has 6 aromatic heterocycles. The van der Waals surface area contributed by atoms with Gasteiger partial charge in [0.1, 0.15) is 11.8 Å². The van der Waals surface area contributed by atoms with Crippen molar-refractivity contribution in [3.05, 3.63) is 95.0 Å². The maximum absolute atomic E-state index is 11.0. The van der Waals surface area contributed by atoms with Gasteiger partial charge in [0.15, 0.2) is 22.6 Å². The van der Waals surface area contributed by atoms with Crippen molar-refractivity contribution in [2.24, 2.45) is 0 Å². The molecule has 0 bridgehead atoms. The number of rotatable bonds is 0. The van der Waals surface area contributed by atoms with Crippen LogP contribution < -0.4 is 39.5 Å². The molecule has 6 rings (SSSR count). The van der Waals surface area contributed by atoms with Gasteiger partial charge in [0.2, 0.25) is 5.95 Å². The van der Waals surface area contributed by atoms with Crippen LogP contribution >= 0.6 is 0 Å². The molecule has 0 saturated carbocycles. The monoisotopic (exact) mass is 524 g/mol. The summed E-state index contributed by atoms with van der Waals surface area (Å²) in [7, 11) is 0. The van der Waals surface area contributed by atoms with Crippen LogP contribution in [0.3, 0.4) is 0 Å². The number of anilines is 2. The Hall–Kier alpha value is -6.14. The van der Waals surface area contributed by atoms with Crippen LogP contribution in [-0.2, 0) is 0 Å². The number of nitrogens with two attached hydrogens (primary N) is 2. The van der Waals surface area contributed by atoms with Gasteiger partial charge >= 0.3 is 11.4 Å². The van der Waals surface area contributed by atoms with E-state index in [1.807, 2.05) is 4.98 Å². The normalized spacial score (nSPS) is 9.92. The van der Waals surface area contributed by atoms with Crippen LogP contribution in [0.15, 0.2) is 61.4 Å². The maximum Gasteiger partial charge on any atom is 0.325 e. The summed E-state index contributed by atoms with van der Waals surface area (Å²) in [6.07, 6.45) is 6.99. The molecule has 0 spiro atoms. The molecule has 0 fully saturated rings. The Morgan fingerprint density at radius 3 is 2.00 bits per heavy atom. The van der Waals surface area contributed by atoms with Crippen LogP contribution in [-0.4, -0.2) is 59.8 Å². The average Bonchev–Trinajstić information content (AvgIpc) is 3.53. The van der Waals surface area contributed by atoms with Gasteiger partial charge in [0.25, 0.3) is 16.7 Å². The van der Waals surface area contributed by atoms with Crippen molar-refractivity contribution >= 4 is 34.1 Å². The highest BCUT2D eigenvalue weighted by molar-refractivity contribution is 5.80. The molecule has 0 aliphatic carbocycles. The van der Waals surface area contributed by atoms with Gasteiger partial charge in [-0.05, 0) is 6.92 Å². The van der Waals surface area contributed by atoms with Gasteiger partial charge < -0.3 is 31.4 Å². The summed E-state index contributed by atoms with van der Waals surface area (Å²) in [5, 5.41) is 0. The minimum atomic E-state index is -0.475. The molecular weight excluding hydrogens is 504 g/mol. The molecule has 6 aromatic rings. The molecule has 6 heterocycles. The van der Waals surface area contributed by atoms with Gasteiger partial charge in [0.05, 0.1) is 12.7 Å². The SMILES string of the molecule is Cc1c[nH]c(=O)[nH]c1=O.Nc1nc2nc[nH]c2c(=O)[nH]1.Nc1ncnc2nc[nH]c12.O=c1cc[nH]c(=O)[nH]1. The molecule has 0 atom stereocenters. The molecule has 0 unspecified atom stereocenters. The Morgan fingerprint density at radius 2 is 1.39 bits per heavy atom. The predicted molar refractivity (Wildman–Crippen MR) is 135 cm³/mol. The number of nitrogens with zero attached hydrogens (tertiary/aromatic N) is 5. The van der Waals surface area contributed by atoms with E-state index in [4.69, 9.17) is 11.5 Å². The number of hydrogen-bond donors (Lipinski definition) is 9. The van der Waals surface area contributed by atoms with Crippen LogP contribution in [0.4, 0.5) is 11.8 Å². The average molecular weight is 524 g/mol. The van der Waals surface area contributed by atoms with E-state index in [1.54, 1.807) is 6.92 Å². The van der Waals surface area contributed by atoms with Crippen molar-refractivity contribution in [2.75, 3.05) is 11.5 Å². The quantitative estimate of drug-likeness (QED) is 0.100. The number of H-pyrrole nitrogens is 7. The van der Waals surface area contributed by atoms with Crippen molar-refractivity contribution < 1.29 is 0 Å². The maximum atomic E-state index is 11.0. The molecule has 0 saturated heterocycles. The smallest absolute Gasteiger partial charge is 0.325 e. The molecular formula is C19H20N14O5. The molecule has 19 nitrogen and oxygen atoms in total. The van der Waals surface area contributed by atoms with Gasteiger partial charge in [-0.1, -0.05) is 0 Å². The van der Waals surface area contributed by atoms with Crippen LogP contribution in [0.1, 0.15) is 5.56 Å². The second kappa shape index (κ2) is 12.0. The lowest BCUT2D eigenvalue weighted by Crippen LogP contribution is -2.22. The van der Waals surface area contributed by atoms with E-state index in [0.717, 1.165) is 0 Å². The van der Waals surface area contributed by atoms with E-state index in [9.17, 15) is 24.0 Å². The number of nitrogen functional groups attached to an aromatic ring is 2. The summed E-state index contributed by atoms with van der Waals surface area (Å²) < 4.78 is 0. The lowest BCUT2D eigenvalue weighted by Gasteiger charge is -1.89. The van der Waals surface area contributed by atoms with Gasteiger partial charge in [-0.3, -0.25) is 29.3 Å². The van der Waals surface area contributed by atoms with Gasteiger partial charge in [0, 0.05) is 24.0 Å². The first-order chi connectivity index (χ1) is 18.1. The van der Waals surface area contributed by atoms with Crippen molar-refractivity contribution in [1.82, 2.24) is 59.8 Å². The standard InChI is InChI=1S/C5H5N5O.C5H5N5.C5H6N2O2.C4H4N2O2/c6-5-9-3-2(4(11)10-5)7-1-8-3;6-4-3-5(9-1-7-3)10-2-8-4;1-3-2-6-5(9)7-4(3)8;7-3-1-2-5-4(8)6-3/h1H,(H4,6,7,8,9,10,11);1-2H,(H3,6,7,8,9,10);2H,1H3,(H2,6,7,8,9);1-2H,(H2,5,6,7,8). The van der Waals surface area contributed by atoms with Crippen molar-refractivity contribution in [1.29, 1.82) is 0 Å². The van der Waals surface area contributed by atoms with Crippen molar-refractivity contribution in [2.45, 2.75) is 6.92 Å². The third-order valence-electron chi connectivity index (χ3n) is 4.26. The van der Waals surface area contributed by atoms with Crippen molar-refractivity contribution in [3.8, 4) is 0 Å². The fourth-order valence-corrected chi connectivity index (χ4v) is 2.50. The number of imidazole rings is 2. The number of aromatic nitrogens is 12. The molecule has 0 amide bonds. The van der Waals surface area contributed by atoms with E-state index >= 15 is 0 Å². The van der Waals surface area contributed by atoms with E-state index in [2.05, 4.69) is 54.8 Å². The topological polar surface area (TPSA) is 312 Å². The summed E-state index contributed by atoms with van der Waals surface area (Å²) in [6, 6.07) is 1.24. The minimum absolute atomic E-state index is 0.0783. The highest BCUT2D eigenvalue weighted by Crippen LogP contribution is 2.09. The lowest BCUT2D eigenvalue weighted by atomic mass is 10.4. The second-order valence-corrected chi connectivity index (χ2v) is 6.96.